The van der Waals surface area contributed by atoms with Crippen molar-refractivity contribution in [1.29, 1.82) is 0 Å². The van der Waals surface area contributed by atoms with Crippen molar-refractivity contribution in [2.24, 2.45) is 0 Å². The number of hydrogen-bond donors (Lipinski definition) is 1. The van der Waals surface area contributed by atoms with Gasteiger partial charge in [-0.15, -0.1) is 0 Å². The van der Waals surface area contributed by atoms with Crippen LogP contribution in [0.15, 0.2) is 72.9 Å². The van der Waals surface area contributed by atoms with Crippen LogP contribution >= 0.6 is 23.8 Å². The second-order valence-electron chi connectivity index (χ2n) is 8.68. The average molecular weight is 519 g/mol. The minimum atomic E-state index is -0.172. The van der Waals surface area contributed by atoms with E-state index in [2.05, 4.69) is 45.7 Å². The molecule has 184 valence electrons. The molecule has 8 heteroatoms. The molecule has 5 rings (SSSR count). The van der Waals surface area contributed by atoms with Crippen molar-refractivity contribution >= 4 is 34.6 Å². The van der Waals surface area contributed by atoms with Crippen LogP contribution in [0.2, 0.25) is 5.02 Å². The molecule has 1 aliphatic rings. The zero-order valence-electron chi connectivity index (χ0n) is 20.5. The highest BCUT2D eigenvalue weighted by molar-refractivity contribution is 7.80. The molecule has 1 N–H and O–H groups in total. The van der Waals surface area contributed by atoms with E-state index in [0.29, 0.717) is 21.6 Å². The fourth-order valence-corrected chi connectivity index (χ4v) is 5.54. The lowest BCUT2D eigenvalue weighted by molar-refractivity contribution is 0.394. The van der Waals surface area contributed by atoms with Crippen LogP contribution in [0.4, 0.5) is 5.69 Å². The Bertz CT molecular complexity index is 1420. The predicted molar refractivity (Wildman–Crippen MR) is 148 cm³/mol. The fourth-order valence-electron chi connectivity index (χ4n) is 5.01. The molecule has 2 atom stereocenters. The number of benzene rings is 2. The van der Waals surface area contributed by atoms with Gasteiger partial charge >= 0.3 is 0 Å². The maximum atomic E-state index is 6.34. The molecule has 0 unspecified atom stereocenters. The highest BCUT2D eigenvalue weighted by atomic mass is 35.5. The number of nitrogens with zero attached hydrogens (tertiary/aromatic N) is 3. The van der Waals surface area contributed by atoms with Crippen molar-refractivity contribution in [2.75, 3.05) is 19.1 Å². The van der Waals surface area contributed by atoms with Gasteiger partial charge in [0.2, 0.25) is 0 Å². The third-order valence-electron chi connectivity index (χ3n) is 6.60. The van der Waals surface area contributed by atoms with Crippen LogP contribution in [0.3, 0.4) is 0 Å². The molecule has 1 aliphatic heterocycles. The summed E-state index contributed by atoms with van der Waals surface area (Å²) in [5.41, 5.74) is 6.11. The van der Waals surface area contributed by atoms with Crippen LogP contribution in [0.1, 0.15) is 34.7 Å². The molecule has 6 nitrogen and oxygen atoms in total. The molecule has 3 heterocycles. The maximum absolute atomic E-state index is 6.34. The molecule has 0 radical (unpaired) electrons. The number of rotatable bonds is 6. The number of nitrogens with one attached hydrogen (secondary N) is 1. The first-order valence-electron chi connectivity index (χ1n) is 11.6. The molecule has 0 bridgehead atoms. The number of aryl methyl sites for hydroxylation is 1. The summed E-state index contributed by atoms with van der Waals surface area (Å²) in [5.74, 6) is 1.39. The van der Waals surface area contributed by atoms with Crippen LogP contribution in [0.5, 0.6) is 11.5 Å². The quantitative estimate of drug-likeness (QED) is 0.301. The van der Waals surface area contributed by atoms with Gasteiger partial charge in [-0.1, -0.05) is 23.7 Å². The third-order valence-corrected chi connectivity index (χ3v) is 7.15. The number of anilines is 1. The van der Waals surface area contributed by atoms with Gasteiger partial charge in [0.25, 0.3) is 0 Å². The lowest BCUT2D eigenvalue weighted by Crippen LogP contribution is -2.30. The van der Waals surface area contributed by atoms with Gasteiger partial charge in [0.1, 0.15) is 11.5 Å². The first-order valence-corrected chi connectivity index (χ1v) is 12.4. The molecule has 0 saturated carbocycles. The summed E-state index contributed by atoms with van der Waals surface area (Å²) >= 11 is 12.3. The summed E-state index contributed by atoms with van der Waals surface area (Å²) in [7, 11) is 3.29. The standard InChI is InChI=1S/C28H27ClN4O2S/c1-17-14-22(18(2)32(17)20-9-7-8-19(29)15-20)27-26(23-10-5-6-13-30-23)31-28(36)33(27)24-12-11-21(34-3)16-25(24)35-4/h5-16,26-27H,1-4H3,(H,31,36)/t26-,27+/m0/s1. The summed E-state index contributed by atoms with van der Waals surface area (Å²) in [4.78, 5) is 6.80. The highest BCUT2D eigenvalue weighted by Gasteiger charge is 2.43. The van der Waals surface area contributed by atoms with E-state index < -0.39 is 0 Å². The second-order valence-corrected chi connectivity index (χ2v) is 9.50. The van der Waals surface area contributed by atoms with Gasteiger partial charge < -0.3 is 24.3 Å². The Morgan fingerprint density at radius 1 is 0.972 bits per heavy atom. The van der Waals surface area contributed by atoms with Crippen molar-refractivity contribution in [3.63, 3.8) is 0 Å². The Balaban J connectivity index is 1.70. The van der Waals surface area contributed by atoms with E-state index in [-0.39, 0.29) is 12.1 Å². The van der Waals surface area contributed by atoms with Crippen molar-refractivity contribution in [1.82, 2.24) is 14.9 Å². The van der Waals surface area contributed by atoms with Gasteiger partial charge in [0.05, 0.1) is 37.7 Å². The Morgan fingerprint density at radius 2 is 1.81 bits per heavy atom. The monoisotopic (exact) mass is 518 g/mol. The summed E-state index contributed by atoms with van der Waals surface area (Å²) in [5, 5.41) is 4.83. The van der Waals surface area contributed by atoms with Crippen molar-refractivity contribution < 1.29 is 9.47 Å². The molecule has 1 saturated heterocycles. The van der Waals surface area contributed by atoms with Gasteiger partial charge in [-0.3, -0.25) is 4.98 Å². The molecule has 4 aromatic rings. The third kappa shape index (κ3) is 4.18. The van der Waals surface area contributed by atoms with Crippen molar-refractivity contribution in [2.45, 2.75) is 25.9 Å². The fraction of sp³-hybridized carbons (Fsp3) is 0.214. The molecule has 36 heavy (non-hydrogen) atoms. The largest absolute Gasteiger partial charge is 0.497 e. The van der Waals surface area contributed by atoms with Gasteiger partial charge in [0, 0.05) is 34.4 Å². The van der Waals surface area contributed by atoms with Gasteiger partial charge in [-0.25, -0.2) is 0 Å². The molecular formula is C28H27ClN4O2S. The number of pyridine rings is 1. The first-order chi connectivity index (χ1) is 17.4. The van der Waals surface area contributed by atoms with Crippen LogP contribution in [-0.4, -0.2) is 28.9 Å². The number of aromatic nitrogens is 2. The molecule has 0 aliphatic carbocycles. The molecule has 0 amide bonds. The van der Waals surface area contributed by atoms with E-state index in [4.69, 9.17) is 33.3 Å². The Labute approximate surface area is 221 Å². The lowest BCUT2D eigenvalue weighted by atomic mass is 9.96. The van der Waals surface area contributed by atoms with Gasteiger partial charge in [-0.05, 0) is 80.2 Å². The van der Waals surface area contributed by atoms with Crippen LogP contribution in [-0.2, 0) is 0 Å². The molecule has 0 spiro atoms. The number of ether oxygens (including phenoxy) is 2. The predicted octanol–water partition coefficient (Wildman–Crippen LogP) is 6.34. The SMILES string of the molecule is COc1ccc(N2C(=S)N[C@@H](c3ccccn3)[C@H]2c2cc(C)n(-c3cccc(Cl)c3)c2C)c(OC)c1. The molecule has 1 fully saturated rings. The summed E-state index contributed by atoms with van der Waals surface area (Å²) in [6.07, 6.45) is 1.81. The van der Waals surface area contributed by atoms with Gasteiger partial charge in [0.15, 0.2) is 5.11 Å². The zero-order chi connectivity index (χ0) is 25.4. The smallest absolute Gasteiger partial charge is 0.174 e. The van der Waals surface area contributed by atoms with Crippen LogP contribution < -0.4 is 19.7 Å². The van der Waals surface area contributed by atoms with E-state index in [0.717, 1.165) is 34.0 Å². The van der Waals surface area contributed by atoms with Crippen LogP contribution in [0, 0.1) is 13.8 Å². The van der Waals surface area contributed by atoms with Crippen LogP contribution in [0.25, 0.3) is 5.69 Å². The van der Waals surface area contributed by atoms with E-state index in [9.17, 15) is 0 Å². The van der Waals surface area contributed by atoms with E-state index in [1.54, 1.807) is 14.2 Å². The Hall–Kier alpha value is -3.55. The normalized spacial score (nSPS) is 17.2. The van der Waals surface area contributed by atoms with E-state index in [1.165, 1.54) is 0 Å². The van der Waals surface area contributed by atoms with E-state index >= 15 is 0 Å². The minimum absolute atomic E-state index is 0.168. The van der Waals surface area contributed by atoms with Crippen molar-refractivity contribution in [3.8, 4) is 17.2 Å². The zero-order valence-corrected chi connectivity index (χ0v) is 22.1. The summed E-state index contributed by atoms with van der Waals surface area (Å²) in [6, 6.07) is 21.5. The Kier molecular flexibility index (Phi) is 6.60. The molecular weight excluding hydrogens is 492 g/mol. The summed E-state index contributed by atoms with van der Waals surface area (Å²) < 4.78 is 13.4. The number of hydrogen-bond acceptors (Lipinski definition) is 4. The summed E-state index contributed by atoms with van der Waals surface area (Å²) in [6.45, 7) is 4.23. The lowest BCUT2D eigenvalue weighted by Gasteiger charge is -2.29. The van der Waals surface area contributed by atoms with Gasteiger partial charge in [-0.2, -0.15) is 0 Å². The minimum Gasteiger partial charge on any atom is -0.497 e. The topological polar surface area (TPSA) is 51.5 Å². The first kappa shape index (κ1) is 24.2. The number of methoxy groups -OCH3 is 2. The second kappa shape index (κ2) is 9.84. The number of halogens is 1. The average Bonchev–Trinajstić information content (AvgIpc) is 3.38. The highest BCUT2D eigenvalue weighted by Crippen LogP contribution is 2.46. The molecule has 2 aromatic carbocycles. The number of thiocarbonyl (C=S) groups is 1. The van der Waals surface area contributed by atoms with E-state index in [1.807, 2.05) is 60.8 Å². The maximum Gasteiger partial charge on any atom is 0.174 e. The molecule has 2 aromatic heterocycles. The Morgan fingerprint density at radius 3 is 2.50 bits per heavy atom. The van der Waals surface area contributed by atoms with Crippen molar-refractivity contribution in [3.05, 3.63) is 101 Å².